The average Bonchev–Trinajstić information content (AvgIpc) is 3.20. The van der Waals surface area contributed by atoms with Gasteiger partial charge >= 0.3 is 0 Å². The predicted octanol–water partition coefficient (Wildman–Crippen LogP) is 4.52. The molecule has 0 saturated carbocycles. The number of nitrogens with one attached hydrogen (secondary N) is 3. The number of hydrogen-bond acceptors (Lipinski definition) is 4. The highest BCUT2D eigenvalue weighted by Crippen LogP contribution is 2.24. The fourth-order valence-electron chi connectivity index (χ4n) is 2.63. The standard InChI is InChI=1S/C21H19N3O3S/c1-13-17(22-14(2)25)8-4-9-18(13)24-20(26)15-6-3-7-16(12-15)23-21(27)19-10-5-11-28-19/h3-12H,1-2H3,(H,22,25)(H,23,27)(H,24,26). The molecule has 0 aliphatic heterocycles. The van der Waals surface area contributed by atoms with Gasteiger partial charge in [0, 0.05) is 29.5 Å². The molecule has 0 saturated heterocycles. The number of benzene rings is 2. The van der Waals surface area contributed by atoms with Crippen LogP contribution in [0.3, 0.4) is 0 Å². The molecule has 28 heavy (non-hydrogen) atoms. The molecule has 0 spiro atoms. The minimum absolute atomic E-state index is 0.180. The maximum absolute atomic E-state index is 12.7. The van der Waals surface area contributed by atoms with Crippen LogP contribution in [0.25, 0.3) is 0 Å². The summed E-state index contributed by atoms with van der Waals surface area (Å²) in [6, 6.07) is 15.6. The number of carbonyl (C=O) groups is 3. The molecule has 7 heteroatoms. The van der Waals surface area contributed by atoms with Crippen LogP contribution >= 0.6 is 11.3 Å². The first-order chi connectivity index (χ1) is 13.4. The van der Waals surface area contributed by atoms with E-state index in [1.54, 1.807) is 54.6 Å². The van der Waals surface area contributed by atoms with Crippen LogP contribution in [-0.2, 0) is 4.79 Å². The van der Waals surface area contributed by atoms with Crippen LogP contribution in [0.2, 0.25) is 0 Å². The van der Waals surface area contributed by atoms with Crippen LogP contribution in [0.1, 0.15) is 32.5 Å². The Morgan fingerprint density at radius 1 is 0.821 bits per heavy atom. The van der Waals surface area contributed by atoms with Gasteiger partial charge in [-0.2, -0.15) is 0 Å². The van der Waals surface area contributed by atoms with E-state index >= 15 is 0 Å². The first-order valence-corrected chi connectivity index (χ1v) is 9.45. The molecule has 0 radical (unpaired) electrons. The van der Waals surface area contributed by atoms with Gasteiger partial charge in [-0.05, 0) is 54.3 Å². The Bertz CT molecular complexity index is 1030. The summed E-state index contributed by atoms with van der Waals surface area (Å²) in [5.74, 6) is -0.706. The van der Waals surface area contributed by atoms with Gasteiger partial charge in [0.2, 0.25) is 5.91 Å². The minimum atomic E-state index is -0.310. The number of hydrogen-bond donors (Lipinski definition) is 3. The topological polar surface area (TPSA) is 87.3 Å². The quantitative estimate of drug-likeness (QED) is 0.596. The van der Waals surface area contributed by atoms with E-state index in [9.17, 15) is 14.4 Å². The van der Waals surface area contributed by atoms with E-state index in [0.29, 0.717) is 27.5 Å². The van der Waals surface area contributed by atoms with Gasteiger partial charge in [0.25, 0.3) is 11.8 Å². The highest BCUT2D eigenvalue weighted by Gasteiger charge is 2.12. The fourth-order valence-corrected chi connectivity index (χ4v) is 3.25. The first-order valence-electron chi connectivity index (χ1n) is 8.57. The van der Waals surface area contributed by atoms with Crippen molar-refractivity contribution in [3.05, 3.63) is 76.0 Å². The lowest BCUT2D eigenvalue weighted by molar-refractivity contribution is -0.114. The van der Waals surface area contributed by atoms with Crippen LogP contribution < -0.4 is 16.0 Å². The van der Waals surface area contributed by atoms with Crippen molar-refractivity contribution in [1.82, 2.24) is 0 Å². The number of amides is 3. The summed E-state index contributed by atoms with van der Waals surface area (Å²) in [6.45, 7) is 3.25. The van der Waals surface area contributed by atoms with E-state index < -0.39 is 0 Å². The predicted molar refractivity (Wildman–Crippen MR) is 112 cm³/mol. The minimum Gasteiger partial charge on any atom is -0.326 e. The van der Waals surface area contributed by atoms with Crippen LogP contribution in [0.4, 0.5) is 17.1 Å². The molecule has 3 N–H and O–H groups in total. The fraction of sp³-hybridized carbons (Fsp3) is 0.0952. The van der Waals surface area contributed by atoms with Crippen molar-refractivity contribution in [3.63, 3.8) is 0 Å². The summed E-state index contributed by atoms with van der Waals surface area (Å²) in [6.07, 6.45) is 0. The zero-order valence-corrected chi connectivity index (χ0v) is 16.2. The third kappa shape index (κ3) is 4.63. The lowest BCUT2D eigenvalue weighted by Crippen LogP contribution is -2.15. The van der Waals surface area contributed by atoms with Crippen LogP contribution in [0.15, 0.2) is 60.0 Å². The summed E-state index contributed by atoms with van der Waals surface area (Å²) < 4.78 is 0. The Kier molecular flexibility index (Phi) is 5.86. The Morgan fingerprint density at radius 2 is 1.54 bits per heavy atom. The second kappa shape index (κ2) is 8.49. The van der Waals surface area contributed by atoms with Gasteiger partial charge in [-0.3, -0.25) is 14.4 Å². The molecule has 0 aliphatic rings. The molecule has 3 amide bonds. The summed E-state index contributed by atoms with van der Waals surface area (Å²) in [4.78, 5) is 36.7. The number of anilines is 3. The van der Waals surface area contributed by atoms with Crippen molar-refractivity contribution >= 4 is 46.1 Å². The summed E-state index contributed by atoms with van der Waals surface area (Å²) in [5.41, 5.74) is 2.95. The van der Waals surface area contributed by atoms with Gasteiger partial charge in [-0.1, -0.05) is 18.2 Å². The van der Waals surface area contributed by atoms with Gasteiger partial charge in [-0.15, -0.1) is 11.3 Å². The largest absolute Gasteiger partial charge is 0.326 e. The summed E-state index contributed by atoms with van der Waals surface area (Å²) >= 11 is 1.35. The third-order valence-electron chi connectivity index (χ3n) is 4.02. The van der Waals surface area contributed by atoms with Gasteiger partial charge < -0.3 is 16.0 Å². The molecule has 2 aromatic carbocycles. The average molecular weight is 393 g/mol. The molecule has 142 valence electrons. The van der Waals surface area contributed by atoms with Crippen molar-refractivity contribution in [1.29, 1.82) is 0 Å². The molecule has 0 aliphatic carbocycles. The maximum atomic E-state index is 12.7. The second-order valence-electron chi connectivity index (χ2n) is 6.13. The highest BCUT2D eigenvalue weighted by molar-refractivity contribution is 7.12. The van der Waals surface area contributed by atoms with Gasteiger partial charge in [-0.25, -0.2) is 0 Å². The molecule has 1 heterocycles. The molecule has 0 bridgehead atoms. The molecule has 6 nitrogen and oxygen atoms in total. The normalized spacial score (nSPS) is 10.2. The third-order valence-corrected chi connectivity index (χ3v) is 4.89. The first kappa shape index (κ1) is 19.3. The number of thiophene rings is 1. The van der Waals surface area contributed by atoms with Crippen molar-refractivity contribution in [3.8, 4) is 0 Å². The molecular weight excluding hydrogens is 374 g/mol. The molecule has 3 aromatic rings. The zero-order chi connectivity index (χ0) is 20.1. The lowest BCUT2D eigenvalue weighted by atomic mass is 10.1. The maximum Gasteiger partial charge on any atom is 0.265 e. The lowest BCUT2D eigenvalue weighted by Gasteiger charge is -2.13. The van der Waals surface area contributed by atoms with E-state index in [1.807, 2.05) is 12.3 Å². The highest BCUT2D eigenvalue weighted by atomic mass is 32.1. The van der Waals surface area contributed by atoms with Gasteiger partial charge in [0.15, 0.2) is 0 Å². The van der Waals surface area contributed by atoms with Crippen molar-refractivity contribution in [2.45, 2.75) is 13.8 Å². The Labute approximate surface area is 166 Å². The summed E-state index contributed by atoms with van der Waals surface area (Å²) in [7, 11) is 0. The SMILES string of the molecule is CC(=O)Nc1cccc(NC(=O)c2cccc(NC(=O)c3cccs3)c2)c1C. The van der Waals surface area contributed by atoms with E-state index in [-0.39, 0.29) is 17.7 Å². The van der Waals surface area contributed by atoms with Crippen molar-refractivity contribution in [2.75, 3.05) is 16.0 Å². The van der Waals surface area contributed by atoms with E-state index in [2.05, 4.69) is 16.0 Å². The molecule has 0 unspecified atom stereocenters. The van der Waals surface area contributed by atoms with Gasteiger partial charge in [0.1, 0.15) is 0 Å². The van der Waals surface area contributed by atoms with Gasteiger partial charge in [0.05, 0.1) is 4.88 Å². The molecule has 3 rings (SSSR count). The van der Waals surface area contributed by atoms with Crippen LogP contribution in [0.5, 0.6) is 0 Å². The van der Waals surface area contributed by atoms with Crippen molar-refractivity contribution < 1.29 is 14.4 Å². The Hall–Kier alpha value is -3.45. The van der Waals surface area contributed by atoms with Crippen LogP contribution in [-0.4, -0.2) is 17.7 Å². The smallest absolute Gasteiger partial charge is 0.265 e. The van der Waals surface area contributed by atoms with E-state index in [1.165, 1.54) is 18.3 Å². The Morgan fingerprint density at radius 3 is 2.21 bits per heavy atom. The van der Waals surface area contributed by atoms with E-state index in [4.69, 9.17) is 0 Å². The summed E-state index contributed by atoms with van der Waals surface area (Å²) in [5, 5.41) is 10.2. The molecule has 0 fully saturated rings. The molecular formula is C21H19N3O3S. The van der Waals surface area contributed by atoms with Crippen molar-refractivity contribution in [2.24, 2.45) is 0 Å². The van der Waals surface area contributed by atoms with E-state index in [0.717, 1.165) is 5.56 Å². The van der Waals surface area contributed by atoms with Crippen LogP contribution in [0, 0.1) is 6.92 Å². The number of rotatable bonds is 5. The number of carbonyl (C=O) groups excluding carboxylic acids is 3. The second-order valence-corrected chi connectivity index (χ2v) is 7.07. The Balaban J connectivity index is 1.75. The monoisotopic (exact) mass is 393 g/mol. The molecule has 1 aromatic heterocycles. The zero-order valence-electron chi connectivity index (χ0n) is 15.4. The molecule has 0 atom stereocenters.